The molecular formula is C11H14ClNO. The van der Waals surface area contributed by atoms with Gasteiger partial charge in [0.05, 0.1) is 6.54 Å². The van der Waals surface area contributed by atoms with Crippen molar-refractivity contribution in [1.29, 1.82) is 0 Å². The lowest BCUT2D eigenvalue weighted by Crippen LogP contribution is -2.10. The molecule has 0 aliphatic carbocycles. The molecule has 0 radical (unpaired) electrons. The fourth-order valence-corrected chi connectivity index (χ4v) is 1.37. The Bertz CT molecular complexity index is 364. The molecule has 2 rings (SSSR count). The Morgan fingerprint density at radius 2 is 2.07 bits per heavy atom. The van der Waals surface area contributed by atoms with Crippen LogP contribution in [0.1, 0.15) is 12.7 Å². The lowest BCUT2D eigenvalue weighted by atomic mass is 10.2. The average molecular weight is 212 g/mol. The minimum absolute atomic E-state index is 0. The van der Waals surface area contributed by atoms with Gasteiger partial charge in [0.15, 0.2) is 0 Å². The van der Waals surface area contributed by atoms with E-state index in [4.69, 9.17) is 4.42 Å². The van der Waals surface area contributed by atoms with Crippen LogP contribution in [0.3, 0.4) is 0 Å². The van der Waals surface area contributed by atoms with Gasteiger partial charge in [0.2, 0.25) is 0 Å². The number of fused-ring (bicyclic) bond motifs is 1. The minimum Gasteiger partial charge on any atom is -0.460 e. The third-order valence-electron chi connectivity index (χ3n) is 2.03. The molecule has 2 aromatic rings. The number of para-hydroxylation sites is 1. The lowest BCUT2D eigenvalue weighted by Gasteiger charge is -1.94. The fourth-order valence-electron chi connectivity index (χ4n) is 1.37. The first-order valence-corrected chi connectivity index (χ1v) is 4.58. The quantitative estimate of drug-likeness (QED) is 0.845. The molecular weight excluding hydrogens is 198 g/mol. The van der Waals surface area contributed by atoms with E-state index in [9.17, 15) is 0 Å². The van der Waals surface area contributed by atoms with Crippen LogP contribution in [0, 0.1) is 0 Å². The van der Waals surface area contributed by atoms with Crippen LogP contribution in [-0.2, 0) is 6.54 Å². The highest BCUT2D eigenvalue weighted by molar-refractivity contribution is 5.85. The Hall–Kier alpha value is -0.990. The first-order valence-electron chi connectivity index (χ1n) is 4.58. The van der Waals surface area contributed by atoms with E-state index in [1.165, 1.54) is 5.39 Å². The molecule has 0 fully saturated rings. The predicted octanol–water partition coefficient (Wildman–Crippen LogP) is 2.96. The molecule has 0 saturated carbocycles. The summed E-state index contributed by atoms with van der Waals surface area (Å²) in [6, 6.07) is 10.1. The largest absolute Gasteiger partial charge is 0.460 e. The molecule has 0 aliphatic heterocycles. The summed E-state index contributed by atoms with van der Waals surface area (Å²) in [6.07, 6.45) is 0. The maximum absolute atomic E-state index is 5.61. The van der Waals surface area contributed by atoms with Gasteiger partial charge in [-0.05, 0) is 18.7 Å². The Balaban J connectivity index is 0.000000980. The first-order chi connectivity index (χ1) is 6.40. The van der Waals surface area contributed by atoms with Crippen molar-refractivity contribution in [3.05, 3.63) is 36.1 Å². The number of furan rings is 1. The summed E-state index contributed by atoms with van der Waals surface area (Å²) >= 11 is 0. The summed E-state index contributed by atoms with van der Waals surface area (Å²) in [6.45, 7) is 3.87. The molecule has 0 atom stereocenters. The SMILES string of the molecule is CCNCc1cc2ccccc2o1.Cl. The molecule has 0 amide bonds. The fraction of sp³-hybridized carbons (Fsp3) is 0.273. The number of hydrogen-bond acceptors (Lipinski definition) is 2. The van der Waals surface area contributed by atoms with Gasteiger partial charge < -0.3 is 9.73 Å². The van der Waals surface area contributed by atoms with E-state index in [0.29, 0.717) is 0 Å². The summed E-state index contributed by atoms with van der Waals surface area (Å²) in [5.41, 5.74) is 0.968. The van der Waals surface area contributed by atoms with E-state index >= 15 is 0 Å². The van der Waals surface area contributed by atoms with Gasteiger partial charge in [-0.15, -0.1) is 12.4 Å². The molecule has 0 unspecified atom stereocenters. The van der Waals surface area contributed by atoms with Crippen molar-refractivity contribution in [3.8, 4) is 0 Å². The third kappa shape index (κ3) is 2.28. The summed E-state index contributed by atoms with van der Waals surface area (Å²) in [7, 11) is 0. The zero-order valence-corrected chi connectivity index (χ0v) is 8.93. The second-order valence-corrected chi connectivity index (χ2v) is 3.03. The molecule has 1 aromatic heterocycles. The molecule has 0 spiro atoms. The van der Waals surface area contributed by atoms with Crippen LogP contribution in [0.2, 0.25) is 0 Å². The number of hydrogen-bond donors (Lipinski definition) is 1. The van der Waals surface area contributed by atoms with E-state index in [1.54, 1.807) is 0 Å². The second-order valence-electron chi connectivity index (χ2n) is 3.03. The van der Waals surface area contributed by atoms with Crippen molar-refractivity contribution in [1.82, 2.24) is 5.32 Å². The molecule has 1 heterocycles. The van der Waals surface area contributed by atoms with Crippen molar-refractivity contribution in [2.45, 2.75) is 13.5 Å². The molecule has 14 heavy (non-hydrogen) atoms. The molecule has 1 N–H and O–H groups in total. The van der Waals surface area contributed by atoms with Crippen LogP contribution < -0.4 is 5.32 Å². The van der Waals surface area contributed by atoms with Gasteiger partial charge in [0.25, 0.3) is 0 Å². The highest BCUT2D eigenvalue weighted by Crippen LogP contribution is 2.18. The van der Waals surface area contributed by atoms with Gasteiger partial charge >= 0.3 is 0 Å². The van der Waals surface area contributed by atoms with E-state index in [-0.39, 0.29) is 12.4 Å². The maximum atomic E-state index is 5.61. The van der Waals surface area contributed by atoms with E-state index in [0.717, 1.165) is 24.4 Å². The summed E-state index contributed by atoms with van der Waals surface area (Å²) < 4.78 is 5.61. The van der Waals surface area contributed by atoms with Crippen LogP contribution in [0.25, 0.3) is 11.0 Å². The monoisotopic (exact) mass is 211 g/mol. The summed E-state index contributed by atoms with van der Waals surface area (Å²) in [5.74, 6) is 1.00. The molecule has 0 saturated heterocycles. The van der Waals surface area contributed by atoms with Crippen LogP contribution in [-0.4, -0.2) is 6.54 Å². The zero-order chi connectivity index (χ0) is 9.10. The van der Waals surface area contributed by atoms with Gasteiger partial charge in [0.1, 0.15) is 11.3 Å². The molecule has 0 bridgehead atoms. The molecule has 1 aromatic carbocycles. The van der Waals surface area contributed by atoms with Crippen molar-refractivity contribution >= 4 is 23.4 Å². The van der Waals surface area contributed by atoms with Gasteiger partial charge in [-0.3, -0.25) is 0 Å². The zero-order valence-electron chi connectivity index (χ0n) is 8.12. The predicted molar refractivity (Wildman–Crippen MR) is 60.8 cm³/mol. The number of halogens is 1. The number of nitrogens with one attached hydrogen (secondary N) is 1. The van der Waals surface area contributed by atoms with Crippen molar-refractivity contribution < 1.29 is 4.42 Å². The van der Waals surface area contributed by atoms with Crippen LogP contribution in [0.15, 0.2) is 34.7 Å². The lowest BCUT2D eigenvalue weighted by molar-refractivity contribution is 0.520. The van der Waals surface area contributed by atoms with Crippen molar-refractivity contribution in [3.63, 3.8) is 0 Å². The third-order valence-corrected chi connectivity index (χ3v) is 2.03. The summed E-state index contributed by atoms with van der Waals surface area (Å²) in [5, 5.41) is 4.41. The molecule has 76 valence electrons. The van der Waals surface area contributed by atoms with Crippen molar-refractivity contribution in [2.75, 3.05) is 6.54 Å². The Labute approximate surface area is 89.7 Å². The van der Waals surface area contributed by atoms with Gasteiger partial charge in [-0.25, -0.2) is 0 Å². The summed E-state index contributed by atoms with van der Waals surface area (Å²) in [4.78, 5) is 0. The average Bonchev–Trinajstić information content (AvgIpc) is 2.57. The van der Waals surface area contributed by atoms with Gasteiger partial charge in [-0.1, -0.05) is 25.1 Å². The maximum Gasteiger partial charge on any atom is 0.134 e. The second kappa shape index (κ2) is 5.03. The van der Waals surface area contributed by atoms with Crippen molar-refractivity contribution in [2.24, 2.45) is 0 Å². The standard InChI is InChI=1S/C11H13NO.ClH/c1-2-12-8-10-7-9-5-3-4-6-11(9)13-10;/h3-7,12H,2,8H2,1H3;1H. The molecule has 2 nitrogen and oxygen atoms in total. The first kappa shape index (κ1) is 11.1. The van der Waals surface area contributed by atoms with Crippen LogP contribution in [0.5, 0.6) is 0 Å². The normalized spacial score (nSPS) is 10.1. The highest BCUT2D eigenvalue weighted by atomic mass is 35.5. The Morgan fingerprint density at radius 1 is 1.29 bits per heavy atom. The van der Waals surface area contributed by atoms with Crippen LogP contribution in [0.4, 0.5) is 0 Å². The molecule has 0 aliphatic rings. The topological polar surface area (TPSA) is 25.2 Å². The Morgan fingerprint density at radius 3 is 2.79 bits per heavy atom. The molecule has 3 heteroatoms. The Kier molecular flexibility index (Phi) is 3.98. The highest BCUT2D eigenvalue weighted by Gasteiger charge is 2.00. The van der Waals surface area contributed by atoms with E-state index in [2.05, 4.69) is 24.4 Å². The van der Waals surface area contributed by atoms with Gasteiger partial charge in [0, 0.05) is 5.39 Å². The smallest absolute Gasteiger partial charge is 0.134 e. The minimum atomic E-state index is 0. The number of rotatable bonds is 3. The van der Waals surface area contributed by atoms with E-state index in [1.807, 2.05) is 18.2 Å². The van der Waals surface area contributed by atoms with Gasteiger partial charge in [-0.2, -0.15) is 0 Å². The van der Waals surface area contributed by atoms with E-state index < -0.39 is 0 Å². The number of benzene rings is 1. The van der Waals surface area contributed by atoms with Crippen LogP contribution >= 0.6 is 12.4 Å².